The van der Waals surface area contributed by atoms with Crippen LogP contribution in [-0.2, 0) is 4.79 Å². The standard InChI is InChI=1S/C23H37N3O/c1-5-7-10-22(11-8-6-2)25-16-12-21(13-17-25)23(27)26-15-9-14-24(18-19-26)20(3)4/h1,8,10-11,20-21H,6-7,9,12-19H2,2-4H3/b11-8-,22-10+. The fourth-order valence-corrected chi connectivity index (χ4v) is 4.02. The van der Waals surface area contributed by atoms with Crippen molar-refractivity contribution in [2.45, 2.75) is 58.9 Å². The fraction of sp³-hybridized carbons (Fsp3) is 0.696. The molecule has 2 rings (SSSR count). The van der Waals surface area contributed by atoms with Crippen molar-refractivity contribution in [3.63, 3.8) is 0 Å². The van der Waals surface area contributed by atoms with Gasteiger partial charge in [0.25, 0.3) is 0 Å². The number of carbonyl (C=O) groups excluding carboxylic acids is 1. The quantitative estimate of drug-likeness (QED) is 0.528. The van der Waals surface area contributed by atoms with E-state index >= 15 is 0 Å². The first kappa shape index (κ1) is 21.6. The first-order valence-electron chi connectivity index (χ1n) is 10.6. The third kappa shape index (κ3) is 6.43. The smallest absolute Gasteiger partial charge is 0.225 e. The monoisotopic (exact) mass is 371 g/mol. The van der Waals surface area contributed by atoms with Crippen molar-refractivity contribution in [2.75, 3.05) is 39.3 Å². The Labute approximate surface area is 166 Å². The van der Waals surface area contributed by atoms with Crippen LogP contribution in [0.3, 0.4) is 0 Å². The molecule has 27 heavy (non-hydrogen) atoms. The van der Waals surface area contributed by atoms with Gasteiger partial charge in [-0.2, -0.15) is 0 Å². The van der Waals surface area contributed by atoms with Gasteiger partial charge in [-0.1, -0.05) is 13.0 Å². The molecular weight excluding hydrogens is 334 g/mol. The molecule has 2 fully saturated rings. The van der Waals surface area contributed by atoms with Gasteiger partial charge in [-0.3, -0.25) is 9.69 Å². The van der Waals surface area contributed by atoms with E-state index in [1.165, 1.54) is 5.70 Å². The highest BCUT2D eigenvalue weighted by Crippen LogP contribution is 2.24. The summed E-state index contributed by atoms with van der Waals surface area (Å²) in [6.07, 6.45) is 16.6. The van der Waals surface area contributed by atoms with Crippen LogP contribution in [0.15, 0.2) is 23.9 Å². The van der Waals surface area contributed by atoms with Crippen molar-refractivity contribution in [1.82, 2.24) is 14.7 Å². The molecule has 0 bridgehead atoms. The van der Waals surface area contributed by atoms with Crippen molar-refractivity contribution in [1.29, 1.82) is 0 Å². The Morgan fingerprint density at radius 2 is 1.85 bits per heavy atom. The molecule has 0 aromatic carbocycles. The number of nitrogens with zero attached hydrogens (tertiary/aromatic N) is 3. The molecule has 4 heteroatoms. The zero-order valence-corrected chi connectivity index (χ0v) is 17.5. The van der Waals surface area contributed by atoms with Crippen LogP contribution in [0.1, 0.15) is 52.9 Å². The first-order valence-corrected chi connectivity index (χ1v) is 10.6. The van der Waals surface area contributed by atoms with Crippen LogP contribution >= 0.6 is 0 Å². The summed E-state index contributed by atoms with van der Waals surface area (Å²) in [5.41, 5.74) is 1.21. The lowest BCUT2D eigenvalue weighted by Gasteiger charge is -2.36. The molecule has 0 spiro atoms. The molecule has 1 amide bonds. The summed E-state index contributed by atoms with van der Waals surface area (Å²) in [7, 11) is 0. The van der Waals surface area contributed by atoms with Gasteiger partial charge in [-0.25, -0.2) is 0 Å². The summed E-state index contributed by atoms with van der Waals surface area (Å²) in [4.78, 5) is 20.0. The molecular formula is C23H37N3O. The van der Waals surface area contributed by atoms with Crippen molar-refractivity contribution >= 4 is 5.91 Å². The molecule has 4 nitrogen and oxygen atoms in total. The van der Waals surface area contributed by atoms with Crippen molar-refractivity contribution in [3.8, 4) is 12.3 Å². The first-order chi connectivity index (χ1) is 13.1. The van der Waals surface area contributed by atoms with Crippen LogP contribution in [0, 0.1) is 18.3 Å². The Balaban J connectivity index is 1.89. The number of amides is 1. The molecule has 0 aromatic rings. The second-order valence-corrected chi connectivity index (χ2v) is 7.92. The Bertz CT molecular complexity index is 565. The van der Waals surface area contributed by atoms with E-state index in [0.717, 1.165) is 65.0 Å². The Morgan fingerprint density at radius 3 is 2.48 bits per heavy atom. The highest BCUT2D eigenvalue weighted by Gasteiger charge is 2.30. The highest BCUT2D eigenvalue weighted by molar-refractivity contribution is 5.79. The van der Waals surface area contributed by atoms with E-state index in [2.05, 4.69) is 59.6 Å². The van der Waals surface area contributed by atoms with Crippen molar-refractivity contribution in [2.24, 2.45) is 5.92 Å². The third-order valence-electron chi connectivity index (χ3n) is 5.74. The molecule has 150 valence electrons. The minimum absolute atomic E-state index is 0.177. The van der Waals surface area contributed by atoms with Crippen LogP contribution in [0.4, 0.5) is 0 Å². The topological polar surface area (TPSA) is 26.8 Å². The fourth-order valence-electron chi connectivity index (χ4n) is 4.02. The Morgan fingerprint density at radius 1 is 1.11 bits per heavy atom. The van der Waals surface area contributed by atoms with E-state index in [4.69, 9.17) is 6.42 Å². The second kappa shape index (κ2) is 11.2. The maximum atomic E-state index is 13.0. The minimum atomic E-state index is 0.177. The predicted octanol–water partition coefficient (Wildman–Crippen LogP) is 3.51. The minimum Gasteiger partial charge on any atom is -0.372 e. The van der Waals surface area contributed by atoms with Gasteiger partial charge in [0.15, 0.2) is 0 Å². The van der Waals surface area contributed by atoms with Gasteiger partial charge in [0.05, 0.1) is 0 Å². The van der Waals surface area contributed by atoms with E-state index in [1.54, 1.807) is 0 Å². The number of rotatable bonds is 6. The van der Waals surface area contributed by atoms with E-state index in [1.807, 2.05) is 0 Å². The maximum Gasteiger partial charge on any atom is 0.225 e. The van der Waals surface area contributed by atoms with Crippen LogP contribution in [0.25, 0.3) is 0 Å². The summed E-state index contributed by atoms with van der Waals surface area (Å²) < 4.78 is 0. The summed E-state index contributed by atoms with van der Waals surface area (Å²) in [6.45, 7) is 12.4. The average molecular weight is 372 g/mol. The largest absolute Gasteiger partial charge is 0.372 e. The van der Waals surface area contributed by atoms with Crippen molar-refractivity contribution < 1.29 is 4.79 Å². The van der Waals surface area contributed by atoms with Crippen LogP contribution < -0.4 is 0 Å². The van der Waals surface area contributed by atoms with Crippen LogP contribution in [-0.4, -0.2) is 65.9 Å². The Hall–Kier alpha value is -1.73. The maximum absolute atomic E-state index is 13.0. The zero-order valence-electron chi connectivity index (χ0n) is 17.5. The molecule has 0 aliphatic carbocycles. The summed E-state index contributed by atoms with van der Waals surface area (Å²) >= 11 is 0. The molecule has 0 aromatic heterocycles. The van der Waals surface area contributed by atoms with Gasteiger partial charge in [0, 0.05) is 63.3 Å². The lowest BCUT2D eigenvalue weighted by molar-refractivity contribution is -0.136. The number of carbonyl (C=O) groups is 1. The van der Waals surface area contributed by atoms with Gasteiger partial charge in [-0.05, 0) is 51.7 Å². The van der Waals surface area contributed by atoms with Crippen LogP contribution in [0.2, 0.25) is 0 Å². The molecule has 2 heterocycles. The van der Waals surface area contributed by atoms with E-state index < -0.39 is 0 Å². The van der Waals surface area contributed by atoms with Gasteiger partial charge < -0.3 is 9.80 Å². The highest BCUT2D eigenvalue weighted by atomic mass is 16.2. The SMILES string of the molecule is C#CC/C=C(\C=C/CC)N1CCC(C(=O)N2CCCN(C(C)C)CC2)CC1. The number of likely N-dealkylation sites (tertiary alicyclic amines) is 1. The number of allylic oxidation sites excluding steroid dienone is 3. The van der Waals surface area contributed by atoms with E-state index in [0.29, 0.717) is 18.4 Å². The number of piperidine rings is 1. The number of hydrogen-bond donors (Lipinski definition) is 0. The summed E-state index contributed by atoms with van der Waals surface area (Å²) in [5.74, 6) is 3.25. The number of terminal acetylenes is 1. The molecule has 2 aliphatic heterocycles. The Kier molecular flexibility index (Phi) is 8.94. The summed E-state index contributed by atoms with van der Waals surface area (Å²) in [6, 6.07) is 0.563. The van der Waals surface area contributed by atoms with Crippen LogP contribution in [0.5, 0.6) is 0 Å². The van der Waals surface area contributed by atoms with E-state index in [9.17, 15) is 4.79 Å². The van der Waals surface area contributed by atoms with Gasteiger partial charge in [-0.15, -0.1) is 12.3 Å². The molecule has 0 radical (unpaired) electrons. The molecule has 0 N–H and O–H groups in total. The second-order valence-electron chi connectivity index (χ2n) is 7.92. The van der Waals surface area contributed by atoms with Gasteiger partial charge in [0.2, 0.25) is 5.91 Å². The van der Waals surface area contributed by atoms with Gasteiger partial charge in [0.1, 0.15) is 0 Å². The zero-order chi connectivity index (χ0) is 19.6. The lowest BCUT2D eigenvalue weighted by Crippen LogP contribution is -2.43. The third-order valence-corrected chi connectivity index (χ3v) is 5.74. The van der Waals surface area contributed by atoms with E-state index in [-0.39, 0.29) is 5.92 Å². The molecule has 0 saturated carbocycles. The molecule has 0 unspecified atom stereocenters. The molecule has 2 aliphatic rings. The molecule has 0 atom stereocenters. The molecule has 2 saturated heterocycles. The lowest BCUT2D eigenvalue weighted by atomic mass is 9.94. The van der Waals surface area contributed by atoms with Crippen molar-refractivity contribution in [3.05, 3.63) is 23.9 Å². The number of hydrogen-bond acceptors (Lipinski definition) is 3. The predicted molar refractivity (Wildman–Crippen MR) is 113 cm³/mol. The van der Waals surface area contributed by atoms with Gasteiger partial charge >= 0.3 is 0 Å². The summed E-state index contributed by atoms with van der Waals surface area (Å²) in [5, 5.41) is 0. The normalized spacial score (nSPS) is 20.9. The average Bonchev–Trinajstić information content (AvgIpc) is 2.94.